The molecule has 0 aliphatic heterocycles. The van der Waals surface area contributed by atoms with Gasteiger partial charge in [0.15, 0.2) is 0 Å². The fourth-order valence-corrected chi connectivity index (χ4v) is 11.5. The molecule has 0 radical (unpaired) electrons. The molecule has 4 aromatic rings. The molecule has 0 amide bonds. The summed E-state index contributed by atoms with van der Waals surface area (Å²) >= 11 is 1.94. The monoisotopic (exact) mass is 725 g/mol. The Balaban J connectivity index is 0.933. The van der Waals surface area contributed by atoms with E-state index in [1.165, 1.54) is 61.8 Å². The van der Waals surface area contributed by atoms with Gasteiger partial charge in [-0.05, 0) is 122 Å². The largest absolute Gasteiger partial charge is 0.456 e. The van der Waals surface area contributed by atoms with Gasteiger partial charge in [-0.15, -0.1) is 11.3 Å². The Hall–Kier alpha value is -4.60. The summed E-state index contributed by atoms with van der Waals surface area (Å²) in [5, 5.41) is 3.90. The van der Waals surface area contributed by atoms with Crippen molar-refractivity contribution in [2.75, 3.05) is 0 Å². The molecule has 10 rings (SSSR count). The van der Waals surface area contributed by atoms with Crippen LogP contribution in [-0.4, -0.2) is 10.9 Å². The van der Waals surface area contributed by atoms with Crippen LogP contribution in [0.2, 0.25) is 0 Å². The van der Waals surface area contributed by atoms with Crippen LogP contribution >= 0.6 is 11.3 Å². The van der Waals surface area contributed by atoms with Crippen molar-refractivity contribution in [1.29, 1.82) is 0 Å². The zero-order valence-corrected chi connectivity index (χ0v) is 32.7. The molecule has 2 heterocycles. The lowest BCUT2D eigenvalue weighted by molar-refractivity contribution is 0.343. The average Bonchev–Trinajstić information content (AvgIpc) is 3.76. The van der Waals surface area contributed by atoms with Crippen LogP contribution in [0.5, 0.6) is 0 Å². The SMILES string of the molecule is CC1CCCC=C1C1C=CC(N(C2=CC(C)C(C3C=Cc4sc5ccccc5c4C3)C=C2)C2C=CC(C3(C)C=c4c(oc5ccccc45)=CC3)=CC2)=CC1. The lowest BCUT2D eigenvalue weighted by Gasteiger charge is -2.40. The molecule has 7 unspecified atom stereocenters. The van der Waals surface area contributed by atoms with Gasteiger partial charge in [0, 0.05) is 42.9 Å². The molecule has 0 spiro atoms. The highest BCUT2D eigenvalue weighted by atomic mass is 32.1. The van der Waals surface area contributed by atoms with E-state index in [9.17, 15) is 0 Å². The minimum Gasteiger partial charge on any atom is -0.456 e. The van der Waals surface area contributed by atoms with Gasteiger partial charge in [0.1, 0.15) is 11.0 Å². The van der Waals surface area contributed by atoms with E-state index in [0.717, 1.165) is 36.7 Å². The van der Waals surface area contributed by atoms with E-state index in [4.69, 9.17) is 4.42 Å². The first kappa shape index (κ1) is 33.9. The molecule has 0 saturated heterocycles. The third kappa shape index (κ3) is 5.91. The second-order valence-electron chi connectivity index (χ2n) is 17.0. The van der Waals surface area contributed by atoms with Crippen molar-refractivity contribution in [3.05, 3.63) is 159 Å². The molecule has 6 aliphatic rings. The average molecular weight is 726 g/mol. The molecule has 3 heteroatoms. The maximum Gasteiger partial charge on any atom is 0.135 e. The molecule has 0 N–H and O–H groups in total. The van der Waals surface area contributed by atoms with Gasteiger partial charge in [0.25, 0.3) is 0 Å². The predicted octanol–water partition coefficient (Wildman–Crippen LogP) is 12.0. The summed E-state index contributed by atoms with van der Waals surface area (Å²) in [5.41, 5.74) is 9.21. The molecule has 7 atom stereocenters. The number of furan rings is 1. The third-order valence-corrected chi connectivity index (χ3v) is 14.6. The molecular formula is C51H51NOS. The van der Waals surface area contributed by atoms with Crippen LogP contribution in [0.1, 0.15) is 69.7 Å². The highest BCUT2D eigenvalue weighted by Gasteiger charge is 2.34. The molecule has 6 aliphatic carbocycles. The van der Waals surface area contributed by atoms with Crippen molar-refractivity contribution in [2.45, 2.75) is 71.8 Å². The van der Waals surface area contributed by atoms with Gasteiger partial charge in [-0.3, -0.25) is 0 Å². The Bertz CT molecular complexity index is 2520. The number of rotatable bonds is 6. The van der Waals surface area contributed by atoms with Crippen LogP contribution in [0.4, 0.5) is 0 Å². The molecule has 0 saturated carbocycles. The highest BCUT2D eigenvalue weighted by molar-refractivity contribution is 7.20. The van der Waals surface area contributed by atoms with Crippen molar-refractivity contribution >= 4 is 50.6 Å². The Labute approximate surface area is 324 Å². The zero-order valence-electron chi connectivity index (χ0n) is 31.9. The van der Waals surface area contributed by atoms with Crippen LogP contribution < -0.4 is 10.6 Å². The maximum absolute atomic E-state index is 6.23. The van der Waals surface area contributed by atoms with Gasteiger partial charge in [0.2, 0.25) is 0 Å². The summed E-state index contributed by atoms with van der Waals surface area (Å²) < 4.78 is 7.64. The first-order chi connectivity index (χ1) is 26.4. The van der Waals surface area contributed by atoms with E-state index in [2.05, 4.69) is 159 Å². The minimum absolute atomic E-state index is 0.0690. The van der Waals surface area contributed by atoms with Crippen LogP contribution in [0, 0.1) is 35.0 Å². The number of para-hydroxylation sites is 1. The predicted molar refractivity (Wildman–Crippen MR) is 229 cm³/mol. The fraction of sp³-hybridized carbons (Fsp3) is 0.333. The summed E-state index contributed by atoms with van der Waals surface area (Å²) in [6.45, 7) is 7.27. The number of allylic oxidation sites excluding steroid dienone is 11. The van der Waals surface area contributed by atoms with Gasteiger partial charge in [-0.2, -0.15) is 0 Å². The number of fused-ring (bicyclic) bond motifs is 6. The van der Waals surface area contributed by atoms with Crippen LogP contribution in [0.25, 0.3) is 39.3 Å². The lowest BCUT2D eigenvalue weighted by atomic mass is 9.74. The topological polar surface area (TPSA) is 16.4 Å². The first-order valence-electron chi connectivity index (χ1n) is 20.5. The molecular weight excluding hydrogens is 675 g/mol. The van der Waals surface area contributed by atoms with E-state index in [0.29, 0.717) is 29.6 Å². The highest BCUT2D eigenvalue weighted by Crippen LogP contribution is 2.44. The first-order valence-corrected chi connectivity index (χ1v) is 21.3. The molecule has 54 heavy (non-hydrogen) atoms. The second-order valence-corrected chi connectivity index (χ2v) is 18.0. The number of hydrogen-bond donors (Lipinski definition) is 0. The molecule has 0 bridgehead atoms. The molecule has 0 fully saturated rings. The van der Waals surface area contributed by atoms with Crippen molar-refractivity contribution < 1.29 is 4.42 Å². The summed E-state index contributed by atoms with van der Waals surface area (Å²) in [5.74, 6) is 2.64. The lowest BCUT2D eigenvalue weighted by Crippen LogP contribution is -2.36. The van der Waals surface area contributed by atoms with E-state index < -0.39 is 0 Å². The van der Waals surface area contributed by atoms with E-state index >= 15 is 0 Å². The van der Waals surface area contributed by atoms with Crippen LogP contribution in [0.3, 0.4) is 0 Å². The molecule has 2 nitrogen and oxygen atoms in total. The van der Waals surface area contributed by atoms with Gasteiger partial charge in [-0.1, -0.05) is 124 Å². The smallest absolute Gasteiger partial charge is 0.135 e. The Kier molecular flexibility index (Phi) is 8.55. The van der Waals surface area contributed by atoms with Crippen LogP contribution in [-0.2, 0) is 6.42 Å². The van der Waals surface area contributed by atoms with Gasteiger partial charge >= 0.3 is 0 Å². The Morgan fingerprint density at radius 3 is 2.48 bits per heavy atom. The van der Waals surface area contributed by atoms with Gasteiger partial charge in [0.05, 0.1) is 6.04 Å². The number of nitrogens with zero attached hydrogens (tertiary/aromatic N) is 1. The maximum atomic E-state index is 6.23. The number of hydrogen-bond acceptors (Lipinski definition) is 3. The Morgan fingerprint density at radius 2 is 1.67 bits per heavy atom. The second kappa shape index (κ2) is 13.6. The Morgan fingerprint density at radius 1 is 0.815 bits per heavy atom. The van der Waals surface area contributed by atoms with Crippen molar-refractivity contribution in [2.24, 2.45) is 35.0 Å². The van der Waals surface area contributed by atoms with Crippen molar-refractivity contribution in [3.63, 3.8) is 0 Å². The number of benzene rings is 2. The normalized spacial score (nSPS) is 30.1. The summed E-state index contributed by atoms with van der Waals surface area (Å²) in [6.07, 6.45) is 42.7. The van der Waals surface area contributed by atoms with Gasteiger partial charge in [-0.25, -0.2) is 0 Å². The number of thiophene rings is 1. The van der Waals surface area contributed by atoms with Crippen molar-refractivity contribution in [3.8, 4) is 0 Å². The van der Waals surface area contributed by atoms with E-state index in [-0.39, 0.29) is 11.5 Å². The van der Waals surface area contributed by atoms with E-state index in [1.54, 1.807) is 11.1 Å². The van der Waals surface area contributed by atoms with E-state index in [1.807, 2.05) is 11.3 Å². The minimum atomic E-state index is -0.0690. The molecule has 2 aromatic carbocycles. The zero-order chi connectivity index (χ0) is 36.4. The van der Waals surface area contributed by atoms with Gasteiger partial charge < -0.3 is 9.32 Å². The summed E-state index contributed by atoms with van der Waals surface area (Å²) in [7, 11) is 0. The molecule has 2 aromatic heterocycles. The summed E-state index contributed by atoms with van der Waals surface area (Å²) in [4.78, 5) is 4.10. The van der Waals surface area contributed by atoms with Crippen molar-refractivity contribution in [1.82, 2.24) is 4.90 Å². The quantitative estimate of drug-likeness (QED) is 0.184. The standard InChI is InChI=1S/C51H51NOS/c1-33-10-4-5-11-41(33)35-16-21-38(22-17-35)52(39-23-19-37(20-24-39)51(3)29-28-48-46(32-51)43-12-6-8-14-47(43)53-48)40-25-26-42(34(2)30-40)36-18-27-50-45(31-36)44-13-7-9-15-49(44)54-50/h6-9,11-16,18-23,25-28,30,32-36,39,42H,4-5,10,17,24,29,31H2,1-3H3. The fourth-order valence-electron chi connectivity index (χ4n) is 10.4. The van der Waals surface area contributed by atoms with Crippen LogP contribution in [0.15, 0.2) is 142 Å². The summed E-state index contributed by atoms with van der Waals surface area (Å²) in [6, 6.07) is 17.7. The third-order valence-electron chi connectivity index (χ3n) is 13.4. The molecule has 272 valence electrons.